The van der Waals surface area contributed by atoms with Gasteiger partial charge in [-0.25, -0.2) is 0 Å². The van der Waals surface area contributed by atoms with Crippen LogP contribution >= 0.6 is 0 Å². The molecule has 5 nitrogen and oxygen atoms in total. The summed E-state index contributed by atoms with van der Waals surface area (Å²) >= 11 is 0. The first-order chi connectivity index (χ1) is 11.6. The molecule has 5 heteroatoms. The first kappa shape index (κ1) is 17.7. The number of methoxy groups -OCH3 is 1. The highest BCUT2D eigenvalue weighted by Crippen LogP contribution is 2.46. The molecule has 0 bridgehead atoms. The smallest absolute Gasteiger partial charge is 0.224 e. The number of carbonyl (C=O) groups excluding carboxylic acids is 2. The quantitative estimate of drug-likeness (QED) is 0.793. The second kappa shape index (κ2) is 7.85. The maximum Gasteiger partial charge on any atom is 0.224 e. The Morgan fingerprint density at radius 2 is 2.00 bits per heavy atom. The highest BCUT2D eigenvalue weighted by atomic mass is 16.5. The zero-order valence-electron chi connectivity index (χ0n) is 15.1. The third-order valence-electron chi connectivity index (χ3n) is 6.34. The molecule has 0 aromatic rings. The average molecular weight is 336 g/mol. The molecule has 3 aliphatic rings. The van der Waals surface area contributed by atoms with Gasteiger partial charge in [0, 0.05) is 51.5 Å². The summed E-state index contributed by atoms with van der Waals surface area (Å²) in [6, 6.07) is 0. The summed E-state index contributed by atoms with van der Waals surface area (Å²) in [7, 11) is 1.81. The minimum absolute atomic E-state index is 0.182. The summed E-state index contributed by atoms with van der Waals surface area (Å²) in [5.74, 6) is 0.443. The summed E-state index contributed by atoms with van der Waals surface area (Å²) in [6.07, 6.45) is 10.4. The molecule has 136 valence electrons. The zero-order valence-corrected chi connectivity index (χ0v) is 15.1. The Balaban J connectivity index is 1.54. The van der Waals surface area contributed by atoms with E-state index in [0.717, 1.165) is 51.7 Å². The van der Waals surface area contributed by atoms with Gasteiger partial charge in [-0.15, -0.1) is 0 Å². The van der Waals surface area contributed by atoms with Gasteiger partial charge in [-0.1, -0.05) is 12.8 Å². The van der Waals surface area contributed by atoms with E-state index in [9.17, 15) is 9.59 Å². The van der Waals surface area contributed by atoms with Gasteiger partial charge in [0.2, 0.25) is 11.8 Å². The van der Waals surface area contributed by atoms with E-state index in [4.69, 9.17) is 4.74 Å². The second-order valence-corrected chi connectivity index (χ2v) is 7.84. The van der Waals surface area contributed by atoms with Crippen molar-refractivity contribution in [3.8, 4) is 0 Å². The fourth-order valence-electron chi connectivity index (χ4n) is 4.98. The number of nitrogens with zero attached hydrogens (tertiary/aromatic N) is 2. The van der Waals surface area contributed by atoms with E-state index in [0.29, 0.717) is 25.5 Å². The standard InChI is InChI=1S/C19H32N2O3/c1-24-16-7-5-10-19(16)11-6-13-21(15-19)18(23)9-14-20-12-4-2-3-8-17(20)22/h16H,2-15H2,1H3/t16-,19-/m1/s1. The summed E-state index contributed by atoms with van der Waals surface area (Å²) in [4.78, 5) is 28.7. The van der Waals surface area contributed by atoms with Gasteiger partial charge in [0.15, 0.2) is 0 Å². The van der Waals surface area contributed by atoms with E-state index < -0.39 is 0 Å². The molecule has 0 aromatic carbocycles. The largest absolute Gasteiger partial charge is 0.381 e. The molecule has 2 heterocycles. The minimum atomic E-state index is 0.182. The van der Waals surface area contributed by atoms with Crippen molar-refractivity contribution < 1.29 is 14.3 Å². The summed E-state index contributed by atoms with van der Waals surface area (Å²) < 4.78 is 5.72. The number of hydrogen-bond donors (Lipinski definition) is 0. The summed E-state index contributed by atoms with van der Waals surface area (Å²) in [5.41, 5.74) is 0.182. The van der Waals surface area contributed by atoms with Gasteiger partial charge >= 0.3 is 0 Å². The first-order valence-electron chi connectivity index (χ1n) is 9.73. The fraction of sp³-hybridized carbons (Fsp3) is 0.895. The van der Waals surface area contributed by atoms with E-state index >= 15 is 0 Å². The van der Waals surface area contributed by atoms with E-state index in [2.05, 4.69) is 0 Å². The predicted molar refractivity (Wildman–Crippen MR) is 92.6 cm³/mol. The van der Waals surface area contributed by atoms with Gasteiger partial charge < -0.3 is 14.5 Å². The molecule has 1 saturated carbocycles. The second-order valence-electron chi connectivity index (χ2n) is 7.84. The molecule has 24 heavy (non-hydrogen) atoms. The molecule has 0 unspecified atom stereocenters. The van der Waals surface area contributed by atoms with Crippen molar-refractivity contribution >= 4 is 11.8 Å². The topological polar surface area (TPSA) is 49.9 Å². The molecule has 0 aromatic heterocycles. The SMILES string of the molecule is CO[C@@H]1CCC[C@]12CCCN(C(=O)CCN1CCCCCC1=O)C2. The molecule has 2 saturated heterocycles. The molecule has 0 N–H and O–H groups in total. The Labute approximate surface area is 145 Å². The molecule has 2 amide bonds. The zero-order chi connectivity index (χ0) is 17.0. The van der Waals surface area contributed by atoms with Gasteiger partial charge in [-0.2, -0.15) is 0 Å². The Morgan fingerprint density at radius 3 is 2.83 bits per heavy atom. The van der Waals surface area contributed by atoms with Crippen LogP contribution in [0, 0.1) is 5.41 Å². The van der Waals surface area contributed by atoms with Crippen LogP contribution in [-0.4, -0.2) is 61.0 Å². The van der Waals surface area contributed by atoms with Crippen LogP contribution in [0.5, 0.6) is 0 Å². The van der Waals surface area contributed by atoms with E-state index in [1.807, 2.05) is 16.9 Å². The van der Waals surface area contributed by atoms with Crippen LogP contribution in [0.3, 0.4) is 0 Å². The van der Waals surface area contributed by atoms with E-state index in [1.54, 1.807) is 0 Å². The third-order valence-corrected chi connectivity index (χ3v) is 6.34. The summed E-state index contributed by atoms with van der Waals surface area (Å²) in [5, 5.41) is 0. The maximum atomic E-state index is 12.7. The molecule has 2 atom stereocenters. The summed E-state index contributed by atoms with van der Waals surface area (Å²) in [6.45, 7) is 3.12. The number of hydrogen-bond acceptors (Lipinski definition) is 3. The Kier molecular flexibility index (Phi) is 5.80. The van der Waals surface area contributed by atoms with E-state index in [1.165, 1.54) is 19.3 Å². The number of amides is 2. The van der Waals surface area contributed by atoms with Gasteiger partial charge in [0.25, 0.3) is 0 Å². The van der Waals surface area contributed by atoms with E-state index in [-0.39, 0.29) is 17.2 Å². The van der Waals surface area contributed by atoms with Crippen molar-refractivity contribution in [3.63, 3.8) is 0 Å². The number of ether oxygens (including phenoxy) is 1. The molecule has 2 aliphatic heterocycles. The number of carbonyl (C=O) groups is 2. The average Bonchev–Trinajstić information content (AvgIpc) is 2.85. The Bertz CT molecular complexity index is 468. The lowest BCUT2D eigenvalue weighted by Crippen LogP contribution is -2.50. The van der Waals surface area contributed by atoms with Crippen LogP contribution in [0.25, 0.3) is 0 Å². The molecular formula is C19H32N2O3. The highest BCUT2D eigenvalue weighted by molar-refractivity contribution is 5.79. The van der Waals surface area contributed by atoms with Crippen LogP contribution < -0.4 is 0 Å². The maximum absolute atomic E-state index is 12.7. The molecule has 3 rings (SSSR count). The van der Waals surface area contributed by atoms with Crippen LogP contribution in [0.15, 0.2) is 0 Å². The van der Waals surface area contributed by atoms with Crippen molar-refractivity contribution in [2.75, 3.05) is 33.3 Å². The lowest BCUT2D eigenvalue weighted by Gasteiger charge is -2.43. The number of likely N-dealkylation sites (tertiary alicyclic amines) is 2. The third kappa shape index (κ3) is 3.76. The molecule has 0 radical (unpaired) electrons. The van der Waals surface area contributed by atoms with Gasteiger partial charge in [0.1, 0.15) is 0 Å². The van der Waals surface area contributed by atoms with Gasteiger partial charge in [0.05, 0.1) is 6.10 Å². The first-order valence-corrected chi connectivity index (χ1v) is 9.73. The monoisotopic (exact) mass is 336 g/mol. The lowest BCUT2D eigenvalue weighted by molar-refractivity contribution is -0.138. The Hall–Kier alpha value is -1.10. The van der Waals surface area contributed by atoms with Crippen molar-refractivity contribution in [1.82, 2.24) is 9.80 Å². The lowest BCUT2D eigenvalue weighted by atomic mass is 9.76. The minimum Gasteiger partial charge on any atom is -0.381 e. The van der Waals surface area contributed by atoms with Crippen LogP contribution in [0.4, 0.5) is 0 Å². The molecule has 3 fully saturated rings. The van der Waals surface area contributed by atoms with Crippen molar-refractivity contribution in [3.05, 3.63) is 0 Å². The van der Waals surface area contributed by atoms with Crippen molar-refractivity contribution in [2.45, 2.75) is 70.3 Å². The van der Waals surface area contributed by atoms with Gasteiger partial charge in [-0.05, 0) is 38.5 Å². The van der Waals surface area contributed by atoms with Crippen LogP contribution in [-0.2, 0) is 14.3 Å². The van der Waals surface area contributed by atoms with Gasteiger partial charge in [-0.3, -0.25) is 9.59 Å². The Morgan fingerprint density at radius 1 is 1.17 bits per heavy atom. The molecule has 1 aliphatic carbocycles. The number of piperidine rings is 1. The molecule has 1 spiro atoms. The van der Waals surface area contributed by atoms with Crippen molar-refractivity contribution in [2.24, 2.45) is 5.41 Å². The predicted octanol–water partition coefficient (Wildman–Crippen LogP) is 2.59. The normalized spacial score (nSPS) is 31.5. The van der Waals surface area contributed by atoms with Crippen LogP contribution in [0.2, 0.25) is 0 Å². The fourth-order valence-corrected chi connectivity index (χ4v) is 4.98. The van der Waals surface area contributed by atoms with Crippen molar-refractivity contribution in [1.29, 1.82) is 0 Å². The number of rotatable bonds is 4. The molecular weight excluding hydrogens is 304 g/mol. The van der Waals surface area contributed by atoms with Crippen LogP contribution in [0.1, 0.15) is 64.2 Å². The highest BCUT2D eigenvalue weighted by Gasteiger charge is 2.46.